The normalized spacial score (nSPS) is 14.2. The smallest absolute Gasteiger partial charge is 0.122 e. The van der Waals surface area contributed by atoms with Crippen LogP contribution in [-0.4, -0.2) is 44.1 Å². The summed E-state index contributed by atoms with van der Waals surface area (Å²) in [6.45, 7) is 7.48. The van der Waals surface area contributed by atoms with Gasteiger partial charge in [-0.2, -0.15) is 0 Å². The Morgan fingerprint density at radius 1 is 1.26 bits per heavy atom. The summed E-state index contributed by atoms with van der Waals surface area (Å²) in [5.41, 5.74) is 2.30. The molecule has 0 heterocycles. The third kappa shape index (κ3) is 6.05. The molecule has 4 nitrogen and oxygen atoms in total. The molecule has 0 radical (unpaired) electrons. The highest BCUT2D eigenvalue weighted by atomic mass is 16.5. The number of hydrogen-bond acceptors (Lipinski definition) is 4. The minimum Gasteiger partial charge on any atom is -0.491 e. The number of rotatable bonds is 8. The number of benzene rings is 1. The average Bonchev–Trinajstić information content (AvgIpc) is 2.35. The third-order valence-corrected chi connectivity index (χ3v) is 2.88. The van der Waals surface area contributed by atoms with Crippen LogP contribution in [0.4, 0.5) is 0 Å². The van der Waals surface area contributed by atoms with Crippen LogP contribution in [0.25, 0.3) is 0 Å². The molecule has 0 spiro atoms. The summed E-state index contributed by atoms with van der Waals surface area (Å²) in [6, 6.07) is 6.24. The van der Waals surface area contributed by atoms with E-state index < -0.39 is 6.10 Å². The molecule has 108 valence electrons. The predicted octanol–water partition coefficient (Wildman–Crippen LogP) is 1.67. The monoisotopic (exact) mass is 267 g/mol. The van der Waals surface area contributed by atoms with Gasteiger partial charge < -0.3 is 19.9 Å². The molecule has 0 fully saturated rings. The number of ether oxygens (including phenoxy) is 2. The van der Waals surface area contributed by atoms with Crippen LogP contribution in [0.15, 0.2) is 18.2 Å². The Labute approximate surface area is 115 Å². The first-order valence-corrected chi connectivity index (χ1v) is 6.63. The zero-order valence-corrected chi connectivity index (χ0v) is 12.3. The molecule has 19 heavy (non-hydrogen) atoms. The lowest BCUT2D eigenvalue weighted by Crippen LogP contribution is -2.38. The first-order chi connectivity index (χ1) is 9.02. The molecule has 1 aromatic carbocycles. The zero-order valence-electron chi connectivity index (χ0n) is 12.3. The lowest BCUT2D eigenvalue weighted by atomic mass is 10.1. The molecule has 2 unspecified atom stereocenters. The van der Waals surface area contributed by atoms with Crippen molar-refractivity contribution in [2.45, 2.75) is 32.9 Å². The van der Waals surface area contributed by atoms with Crippen molar-refractivity contribution < 1.29 is 14.6 Å². The Morgan fingerprint density at radius 2 is 2.00 bits per heavy atom. The lowest BCUT2D eigenvalue weighted by molar-refractivity contribution is 0.0970. The number of hydrogen-bond donors (Lipinski definition) is 2. The molecule has 0 aromatic heterocycles. The Morgan fingerprint density at radius 3 is 2.63 bits per heavy atom. The Hall–Kier alpha value is -1.10. The molecule has 4 heteroatoms. The van der Waals surface area contributed by atoms with Crippen LogP contribution in [0.2, 0.25) is 0 Å². The van der Waals surface area contributed by atoms with Gasteiger partial charge in [-0.25, -0.2) is 0 Å². The summed E-state index contributed by atoms with van der Waals surface area (Å²) < 4.78 is 10.6. The molecule has 2 atom stereocenters. The number of aliphatic hydroxyl groups excluding tert-OH is 1. The second-order valence-corrected chi connectivity index (χ2v) is 5.00. The molecule has 0 aliphatic heterocycles. The van der Waals surface area contributed by atoms with Gasteiger partial charge in [0.1, 0.15) is 18.5 Å². The Balaban J connectivity index is 2.31. The minimum absolute atomic E-state index is 0.223. The molecular weight excluding hydrogens is 242 g/mol. The van der Waals surface area contributed by atoms with Gasteiger partial charge in [-0.05, 0) is 32.4 Å². The lowest BCUT2D eigenvalue weighted by Gasteiger charge is -2.17. The molecule has 0 aliphatic rings. The van der Waals surface area contributed by atoms with Crippen molar-refractivity contribution in [1.29, 1.82) is 0 Å². The quantitative estimate of drug-likeness (QED) is 0.752. The van der Waals surface area contributed by atoms with Crippen molar-refractivity contribution >= 4 is 0 Å². The third-order valence-electron chi connectivity index (χ3n) is 2.88. The molecule has 0 bridgehead atoms. The molecule has 0 saturated heterocycles. The van der Waals surface area contributed by atoms with Gasteiger partial charge in [-0.3, -0.25) is 0 Å². The first-order valence-electron chi connectivity index (χ1n) is 6.63. The number of nitrogens with one attached hydrogen (secondary N) is 1. The number of methoxy groups -OCH3 is 1. The largest absolute Gasteiger partial charge is 0.491 e. The Kier molecular flexibility index (Phi) is 6.84. The summed E-state index contributed by atoms with van der Waals surface area (Å²) in [7, 11) is 1.66. The molecule has 1 aromatic rings. The van der Waals surface area contributed by atoms with Gasteiger partial charge in [0.05, 0.1) is 6.61 Å². The molecule has 0 amide bonds. The van der Waals surface area contributed by atoms with Crippen molar-refractivity contribution in [2.75, 3.05) is 26.9 Å². The van der Waals surface area contributed by atoms with Gasteiger partial charge >= 0.3 is 0 Å². The number of aliphatic hydroxyl groups is 1. The van der Waals surface area contributed by atoms with Crippen molar-refractivity contribution in [2.24, 2.45) is 0 Å². The predicted molar refractivity (Wildman–Crippen MR) is 76.8 cm³/mol. The fraction of sp³-hybridized carbons (Fsp3) is 0.600. The van der Waals surface area contributed by atoms with Gasteiger partial charge in [-0.1, -0.05) is 17.7 Å². The van der Waals surface area contributed by atoms with E-state index in [4.69, 9.17) is 9.47 Å². The van der Waals surface area contributed by atoms with Crippen LogP contribution in [0.5, 0.6) is 5.75 Å². The van der Waals surface area contributed by atoms with E-state index in [1.807, 2.05) is 32.9 Å². The second-order valence-electron chi connectivity index (χ2n) is 5.00. The van der Waals surface area contributed by atoms with Gasteiger partial charge in [-0.15, -0.1) is 0 Å². The van der Waals surface area contributed by atoms with E-state index in [1.54, 1.807) is 7.11 Å². The van der Waals surface area contributed by atoms with E-state index in [2.05, 4.69) is 11.4 Å². The summed E-state index contributed by atoms with van der Waals surface area (Å²) in [5, 5.41) is 13.0. The van der Waals surface area contributed by atoms with Crippen molar-refractivity contribution in [3.8, 4) is 5.75 Å². The van der Waals surface area contributed by atoms with Crippen molar-refractivity contribution in [3.05, 3.63) is 29.3 Å². The fourth-order valence-electron chi connectivity index (χ4n) is 1.85. The molecule has 0 aliphatic carbocycles. The second kappa shape index (κ2) is 8.15. The van der Waals surface area contributed by atoms with E-state index in [1.165, 1.54) is 5.56 Å². The maximum absolute atomic E-state index is 9.84. The topological polar surface area (TPSA) is 50.7 Å². The molecule has 1 rings (SSSR count). The highest BCUT2D eigenvalue weighted by Gasteiger charge is 2.08. The van der Waals surface area contributed by atoms with Gasteiger partial charge in [0, 0.05) is 19.7 Å². The Bertz CT molecular complexity index is 382. The van der Waals surface area contributed by atoms with E-state index >= 15 is 0 Å². The van der Waals surface area contributed by atoms with Crippen LogP contribution in [0, 0.1) is 13.8 Å². The van der Waals surface area contributed by atoms with E-state index in [-0.39, 0.29) is 12.6 Å². The summed E-state index contributed by atoms with van der Waals surface area (Å²) in [6.07, 6.45) is -0.528. The van der Waals surface area contributed by atoms with Crippen LogP contribution in [0.3, 0.4) is 0 Å². The van der Waals surface area contributed by atoms with Gasteiger partial charge in [0.2, 0.25) is 0 Å². The summed E-state index contributed by atoms with van der Waals surface area (Å²) in [5.74, 6) is 0.828. The summed E-state index contributed by atoms with van der Waals surface area (Å²) >= 11 is 0. The van der Waals surface area contributed by atoms with Crippen molar-refractivity contribution in [3.63, 3.8) is 0 Å². The van der Waals surface area contributed by atoms with Crippen molar-refractivity contribution in [1.82, 2.24) is 5.32 Å². The number of aryl methyl sites for hydroxylation is 2. The average molecular weight is 267 g/mol. The standard InChI is InChI=1S/C15H25NO3/c1-11-5-6-15(12(2)7-11)19-10-14(17)8-16-13(3)9-18-4/h5-7,13-14,16-17H,8-10H2,1-4H3. The van der Waals surface area contributed by atoms with Gasteiger partial charge in [0.15, 0.2) is 0 Å². The van der Waals surface area contributed by atoms with Crippen LogP contribution in [-0.2, 0) is 4.74 Å². The SMILES string of the molecule is COCC(C)NCC(O)COc1ccc(C)cc1C. The molecule has 0 saturated carbocycles. The summed E-state index contributed by atoms with van der Waals surface area (Å²) in [4.78, 5) is 0. The highest BCUT2D eigenvalue weighted by molar-refractivity contribution is 5.35. The zero-order chi connectivity index (χ0) is 14.3. The van der Waals surface area contributed by atoms with E-state index in [9.17, 15) is 5.11 Å². The van der Waals surface area contributed by atoms with E-state index in [0.29, 0.717) is 13.2 Å². The van der Waals surface area contributed by atoms with E-state index in [0.717, 1.165) is 11.3 Å². The maximum atomic E-state index is 9.84. The fourth-order valence-corrected chi connectivity index (χ4v) is 1.85. The first kappa shape index (κ1) is 16.0. The van der Waals surface area contributed by atoms with Crippen LogP contribution in [0.1, 0.15) is 18.1 Å². The minimum atomic E-state index is -0.528. The highest BCUT2D eigenvalue weighted by Crippen LogP contribution is 2.18. The van der Waals surface area contributed by atoms with Crippen LogP contribution >= 0.6 is 0 Å². The van der Waals surface area contributed by atoms with Crippen LogP contribution < -0.4 is 10.1 Å². The maximum Gasteiger partial charge on any atom is 0.122 e. The molecule has 2 N–H and O–H groups in total. The molecular formula is C15H25NO3. The van der Waals surface area contributed by atoms with Gasteiger partial charge in [0.25, 0.3) is 0 Å².